The zero-order valence-electron chi connectivity index (χ0n) is 8.09. The second kappa shape index (κ2) is 4.47. The summed E-state index contributed by atoms with van der Waals surface area (Å²) in [4.78, 5) is 11.7. The molecule has 1 aliphatic carbocycles. The number of amides is 1. The molecule has 1 aromatic rings. The first-order valence-electron chi connectivity index (χ1n) is 4.93. The van der Waals surface area contributed by atoms with Gasteiger partial charge in [-0.3, -0.25) is 4.79 Å². The van der Waals surface area contributed by atoms with Crippen molar-refractivity contribution in [1.82, 2.24) is 5.32 Å². The maximum absolute atomic E-state index is 13.0. The minimum atomic E-state index is -0.367. The van der Waals surface area contributed by atoms with Crippen molar-refractivity contribution in [2.45, 2.75) is 25.3 Å². The fourth-order valence-corrected chi connectivity index (χ4v) is 2.07. The number of hydrogen-bond acceptors (Lipinski definition) is 1. The number of benzene rings is 1. The molecule has 0 saturated heterocycles. The average Bonchev–Trinajstić information content (AvgIpc) is 2.15. The molecule has 0 radical (unpaired) electrons. The van der Waals surface area contributed by atoms with Crippen LogP contribution in [0, 0.1) is 9.39 Å². The van der Waals surface area contributed by atoms with Crippen LogP contribution in [0.1, 0.15) is 29.6 Å². The SMILES string of the molecule is O=C(NC1CCC1)c1cc(F)ccc1I. The lowest BCUT2D eigenvalue weighted by molar-refractivity contribution is 0.0915. The summed E-state index contributed by atoms with van der Waals surface area (Å²) < 4.78 is 13.7. The third-order valence-electron chi connectivity index (χ3n) is 2.61. The van der Waals surface area contributed by atoms with Gasteiger partial charge in [-0.15, -0.1) is 0 Å². The molecule has 80 valence electrons. The Morgan fingerprint density at radius 2 is 2.20 bits per heavy atom. The van der Waals surface area contributed by atoms with Gasteiger partial charge in [0, 0.05) is 9.61 Å². The summed E-state index contributed by atoms with van der Waals surface area (Å²) in [7, 11) is 0. The van der Waals surface area contributed by atoms with E-state index in [1.54, 1.807) is 6.07 Å². The molecule has 1 saturated carbocycles. The Balaban J connectivity index is 2.12. The van der Waals surface area contributed by atoms with Gasteiger partial charge in [-0.2, -0.15) is 0 Å². The molecule has 4 heteroatoms. The van der Waals surface area contributed by atoms with Crippen LogP contribution in [0.5, 0.6) is 0 Å². The van der Waals surface area contributed by atoms with Crippen molar-refractivity contribution in [2.24, 2.45) is 0 Å². The molecule has 0 aliphatic heterocycles. The first kappa shape index (κ1) is 10.9. The van der Waals surface area contributed by atoms with E-state index in [9.17, 15) is 9.18 Å². The molecule has 0 bridgehead atoms. The van der Waals surface area contributed by atoms with Crippen LogP contribution in [0.25, 0.3) is 0 Å². The van der Waals surface area contributed by atoms with Crippen molar-refractivity contribution in [2.75, 3.05) is 0 Å². The van der Waals surface area contributed by atoms with E-state index in [1.165, 1.54) is 18.6 Å². The molecule has 1 aromatic carbocycles. The highest BCUT2D eigenvalue weighted by Gasteiger charge is 2.21. The fraction of sp³-hybridized carbons (Fsp3) is 0.364. The Morgan fingerprint density at radius 1 is 1.47 bits per heavy atom. The van der Waals surface area contributed by atoms with Gasteiger partial charge < -0.3 is 5.32 Å². The molecule has 1 N–H and O–H groups in total. The van der Waals surface area contributed by atoms with Crippen molar-refractivity contribution in [1.29, 1.82) is 0 Å². The quantitative estimate of drug-likeness (QED) is 0.835. The minimum Gasteiger partial charge on any atom is -0.349 e. The van der Waals surface area contributed by atoms with Crippen LogP contribution in [0.3, 0.4) is 0 Å². The Morgan fingerprint density at radius 3 is 2.80 bits per heavy atom. The number of carbonyl (C=O) groups is 1. The van der Waals surface area contributed by atoms with Crippen LogP contribution in [0.4, 0.5) is 4.39 Å². The first-order valence-corrected chi connectivity index (χ1v) is 6.00. The molecule has 2 nitrogen and oxygen atoms in total. The van der Waals surface area contributed by atoms with E-state index in [-0.39, 0.29) is 17.8 Å². The van der Waals surface area contributed by atoms with E-state index >= 15 is 0 Å². The lowest BCUT2D eigenvalue weighted by Gasteiger charge is -2.26. The maximum atomic E-state index is 13.0. The first-order chi connectivity index (χ1) is 7.16. The molecule has 0 heterocycles. The van der Waals surface area contributed by atoms with Gasteiger partial charge in [-0.1, -0.05) is 0 Å². The van der Waals surface area contributed by atoms with Crippen LogP contribution >= 0.6 is 22.6 Å². The number of halogens is 2. The van der Waals surface area contributed by atoms with Gasteiger partial charge >= 0.3 is 0 Å². The van der Waals surface area contributed by atoms with Crippen LogP contribution < -0.4 is 5.32 Å². The Hall–Kier alpha value is -0.650. The van der Waals surface area contributed by atoms with Gasteiger partial charge in [0.05, 0.1) is 5.56 Å². The molecule has 1 aliphatic rings. The summed E-state index contributed by atoms with van der Waals surface area (Å²) >= 11 is 2.04. The van der Waals surface area contributed by atoms with Crippen LogP contribution in [-0.4, -0.2) is 11.9 Å². The van der Waals surface area contributed by atoms with E-state index in [2.05, 4.69) is 5.32 Å². The average molecular weight is 319 g/mol. The van der Waals surface area contributed by atoms with E-state index in [0.29, 0.717) is 5.56 Å². The van der Waals surface area contributed by atoms with Crippen molar-refractivity contribution in [3.8, 4) is 0 Å². The van der Waals surface area contributed by atoms with Crippen molar-refractivity contribution >= 4 is 28.5 Å². The highest BCUT2D eigenvalue weighted by Crippen LogP contribution is 2.20. The molecule has 1 amide bonds. The number of rotatable bonds is 2. The van der Waals surface area contributed by atoms with E-state index < -0.39 is 0 Å². The molecular formula is C11H11FINO. The predicted octanol–water partition coefficient (Wildman–Crippen LogP) is 2.71. The molecule has 1 fully saturated rings. The van der Waals surface area contributed by atoms with Gasteiger partial charge in [0.25, 0.3) is 5.91 Å². The molecule has 0 spiro atoms. The molecule has 15 heavy (non-hydrogen) atoms. The standard InChI is InChI=1S/C11H11FINO/c12-7-4-5-10(13)9(6-7)11(15)14-8-2-1-3-8/h4-6,8H,1-3H2,(H,14,15). The van der Waals surface area contributed by atoms with Crippen LogP contribution in [0.15, 0.2) is 18.2 Å². The van der Waals surface area contributed by atoms with E-state index in [0.717, 1.165) is 16.4 Å². The third-order valence-corrected chi connectivity index (χ3v) is 3.55. The largest absolute Gasteiger partial charge is 0.349 e. The van der Waals surface area contributed by atoms with Crippen LogP contribution in [0.2, 0.25) is 0 Å². The maximum Gasteiger partial charge on any atom is 0.252 e. The van der Waals surface area contributed by atoms with Gasteiger partial charge in [0.2, 0.25) is 0 Å². The minimum absolute atomic E-state index is 0.163. The second-order valence-electron chi connectivity index (χ2n) is 3.73. The number of hydrogen-bond donors (Lipinski definition) is 1. The fourth-order valence-electron chi connectivity index (χ4n) is 1.49. The Kier molecular flexibility index (Phi) is 3.23. The highest BCUT2D eigenvalue weighted by atomic mass is 127. The summed E-state index contributed by atoms with van der Waals surface area (Å²) in [6, 6.07) is 4.56. The molecular weight excluding hydrogens is 308 g/mol. The van der Waals surface area contributed by atoms with Crippen LogP contribution in [-0.2, 0) is 0 Å². The summed E-state index contributed by atoms with van der Waals surface area (Å²) in [5, 5.41) is 2.89. The molecule has 0 atom stereocenters. The van der Waals surface area contributed by atoms with Gasteiger partial charge in [0.15, 0.2) is 0 Å². The zero-order valence-corrected chi connectivity index (χ0v) is 10.3. The summed E-state index contributed by atoms with van der Waals surface area (Å²) in [5.74, 6) is -0.530. The van der Waals surface area contributed by atoms with Gasteiger partial charge in [-0.25, -0.2) is 4.39 Å². The normalized spacial score (nSPS) is 15.9. The second-order valence-corrected chi connectivity index (χ2v) is 4.89. The summed E-state index contributed by atoms with van der Waals surface area (Å²) in [6.07, 6.45) is 3.25. The lowest BCUT2D eigenvalue weighted by Crippen LogP contribution is -2.39. The van der Waals surface area contributed by atoms with Gasteiger partial charge in [-0.05, 0) is 60.1 Å². The number of carbonyl (C=O) groups excluding carboxylic acids is 1. The van der Waals surface area contributed by atoms with Crippen molar-refractivity contribution in [3.05, 3.63) is 33.1 Å². The van der Waals surface area contributed by atoms with Crippen molar-refractivity contribution < 1.29 is 9.18 Å². The molecule has 0 aromatic heterocycles. The van der Waals surface area contributed by atoms with Gasteiger partial charge in [0.1, 0.15) is 5.82 Å². The summed E-state index contributed by atoms with van der Waals surface area (Å²) in [5.41, 5.74) is 0.433. The predicted molar refractivity (Wildman–Crippen MR) is 64.2 cm³/mol. The van der Waals surface area contributed by atoms with E-state index in [1.807, 2.05) is 22.6 Å². The monoisotopic (exact) mass is 319 g/mol. The topological polar surface area (TPSA) is 29.1 Å². The smallest absolute Gasteiger partial charge is 0.252 e. The molecule has 2 rings (SSSR count). The molecule has 0 unspecified atom stereocenters. The zero-order chi connectivity index (χ0) is 10.8. The summed E-state index contributed by atoms with van der Waals surface area (Å²) in [6.45, 7) is 0. The number of nitrogens with one attached hydrogen (secondary N) is 1. The Bertz CT molecular complexity index is 390. The van der Waals surface area contributed by atoms with E-state index in [4.69, 9.17) is 0 Å². The third kappa shape index (κ3) is 2.48. The van der Waals surface area contributed by atoms with Crippen molar-refractivity contribution in [3.63, 3.8) is 0 Å². The lowest BCUT2D eigenvalue weighted by atomic mass is 9.93. The highest BCUT2D eigenvalue weighted by molar-refractivity contribution is 14.1. The Labute approximate surface area is 101 Å².